The van der Waals surface area contributed by atoms with E-state index in [1.165, 1.54) is 51.4 Å². The van der Waals surface area contributed by atoms with E-state index in [0.717, 1.165) is 17.8 Å². The molecule has 17 heavy (non-hydrogen) atoms. The number of hydrogen-bond acceptors (Lipinski definition) is 1. The highest BCUT2D eigenvalue weighted by Gasteiger charge is 2.27. The van der Waals surface area contributed by atoms with Crippen molar-refractivity contribution < 1.29 is 4.74 Å². The highest BCUT2D eigenvalue weighted by atomic mass is 16.5. The number of hydrogen-bond donors (Lipinski definition) is 0. The minimum atomic E-state index is 0.583. The molecule has 1 nitrogen and oxygen atoms in total. The van der Waals surface area contributed by atoms with Crippen LogP contribution in [0.3, 0.4) is 0 Å². The lowest BCUT2D eigenvalue weighted by Crippen LogP contribution is -2.30. The summed E-state index contributed by atoms with van der Waals surface area (Å²) in [6, 6.07) is 0. The molecule has 0 amide bonds. The maximum absolute atomic E-state index is 6.33. The summed E-state index contributed by atoms with van der Waals surface area (Å²) in [4.78, 5) is 0. The summed E-state index contributed by atoms with van der Waals surface area (Å²) in [6.07, 6.45) is 12.0. The van der Waals surface area contributed by atoms with Crippen LogP contribution in [0.15, 0.2) is 0 Å². The lowest BCUT2D eigenvalue weighted by atomic mass is 9.80. The zero-order valence-electron chi connectivity index (χ0n) is 12.0. The van der Waals surface area contributed by atoms with Crippen LogP contribution in [0.4, 0.5) is 0 Å². The fourth-order valence-corrected chi connectivity index (χ4v) is 3.67. The van der Waals surface area contributed by atoms with Crippen LogP contribution in [-0.4, -0.2) is 12.2 Å². The molecule has 0 aromatic carbocycles. The van der Waals surface area contributed by atoms with Gasteiger partial charge in [0, 0.05) is 0 Å². The fraction of sp³-hybridized carbons (Fsp3) is 1.00. The third kappa shape index (κ3) is 3.98. The Hall–Kier alpha value is -0.0400. The third-order valence-electron chi connectivity index (χ3n) is 4.93. The van der Waals surface area contributed by atoms with Crippen molar-refractivity contribution in [3.63, 3.8) is 0 Å². The molecule has 2 aliphatic rings. The molecule has 2 aliphatic carbocycles. The molecule has 0 heterocycles. The second-order valence-corrected chi connectivity index (χ2v) is 6.81. The highest BCUT2D eigenvalue weighted by Crippen LogP contribution is 2.34. The fourth-order valence-electron chi connectivity index (χ4n) is 3.67. The molecule has 0 bridgehead atoms. The highest BCUT2D eigenvalue weighted by molar-refractivity contribution is 4.78. The molecule has 2 saturated carbocycles. The number of rotatable bonds is 3. The van der Waals surface area contributed by atoms with Crippen LogP contribution in [0.25, 0.3) is 0 Å². The van der Waals surface area contributed by atoms with Gasteiger partial charge in [-0.25, -0.2) is 0 Å². The second kappa shape index (κ2) is 6.22. The molecule has 0 saturated heterocycles. The second-order valence-electron chi connectivity index (χ2n) is 6.81. The van der Waals surface area contributed by atoms with Crippen molar-refractivity contribution in [2.24, 2.45) is 17.8 Å². The summed E-state index contributed by atoms with van der Waals surface area (Å²) in [6.45, 7) is 7.12. The van der Waals surface area contributed by atoms with Crippen LogP contribution >= 0.6 is 0 Å². The molecule has 0 radical (unpaired) electrons. The van der Waals surface area contributed by atoms with Crippen molar-refractivity contribution in [3.05, 3.63) is 0 Å². The smallest absolute Gasteiger partial charge is 0.0581 e. The lowest BCUT2D eigenvalue weighted by molar-refractivity contribution is -0.0604. The molecule has 0 aliphatic heterocycles. The first kappa shape index (κ1) is 13.4. The van der Waals surface area contributed by atoms with E-state index in [9.17, 15) is 0 Å². The Labute approximate surface area is 107 Å². The molecular weight excluding hydrogens is 208 g/mol. The number of ether oxygens (including phenoxy) is 1. The standard InChI is InChI=1S/C16H30O/c1-12(2)14-7-9-15(10-8-14)17-16-6-4-5-13(3)11-16/h12-16H,4-11H2,1-3H3. The summed E-state index contributed by atoms with van der Waals surface area (Å²) in [7, 11) is 0. The van der Waals surface area contributed by atoms with Gasteiger partial charge in [0.15, 0.2) is 0 Å². The largest absolute Gasteiger partial charge is 0.375 e. The van der Waals surface area contributed by atoms with Gasteiger partial charge in [-0.05, 0) is 56.3 Å². The monoisotopic (exact) mass is 238 g/mol. The summed E-state index contributed by atoms with van der Waals surface area (Å²) in [5.41, 5.74) is 0. The SMILES string of the molecule is CC1CCCC(OC2CCC(C(C)C)CC2)C1. The third-order valence-corrected chi connectivity index (χ3v) is 4.93. The molecule has 1 heteroatoms. The van der Waals surface area contributed by atoms with Crippen LogP contribution in [0.2, 0.25) is 0 Å². The van der Waals surface area contributed by atoms with Crippen molar-refractivity contribution >= 4 is 0 Å². The van der Waals surface area contributed by atoms with Gasteiger partial charge in [-0.15, -0.1) is 0 Å². The van der Waals surface area contributed by atoms with Crippen LogP contribution in [0.1, 0.15) is 72.1 Å². The summed E-state index contributed by atoms with van der Waals surface area (Å²) in [5, 5.41) is 0. The summed E-state index contributed by atoms with van der Waals surface area (Å²) < 4.78 is 6.33. The summed E-state index contributed by atoms with van der Waals surface area (Å²) >= 11 is 0. The molecule has 0 spiro atoms. The molecule has 2 fully saturated rings. The Balaban J connectivity index is 1.70. The molecule has 0 N–H and O–H groups in total. The normalized spacial score (nSPS) is 39.5. The Morgan fingerprint density at radius 3 is 2.18 bits per heavy atom. The van der Waals surface area contributed by atoms with E-state index in [1.54, 1.807) is 0 Å². The van der Waals surface area contributed by atoms with E-state index in [4.69, 9.17) is 4.74 Å². The Kier molecular flexibility index (Phi) is 4.90. The van der Waals surface area contributed by atoms with Crippen molar-refractivity contribution in [3.8, 4) is 0 Å². The molecule has 2 atom stereocenters. The van der Waals surface area contributed by atoms with Crippen molar-refractivity contribution in [2.45, 2.75) is 84.3 Å². The van der Waals surface area contributed by atoms with Gasteiger partial charge < -0.3 is 4.74 Å². The van der Waals surface area contributed by atoms with E-state index in [1.807, 2.05) is 0 Å². The van der Waals surface area contributed by atoms with Crippen LogP contribution in [-0.2, 0) is 4.74 Å². The predicted molar refractivity (Wildman–Crippen MR) is 73.1 cm³/mol. The van der Waals surface area contributed by atoms with E-state index < -0.39 is 0 Å². The Morgan fingerprint density at radius 2 is 1.59 bits per heavy atom. The van der Waals surface area contributed by atoms with Crippen molar-refractivity contribution in [2.75, 3.05) is 0 Å². The van der Waals surface area contributed by atoms with Gasteiger partial charge in [0.25, 0.3) is 0 Å². The van der Waals surface area contributed by atoms with Gasteiger partial charge in [-0.3, -0.25) is 0 Å². The first-order valence-electron chi connectivity index (χ1n) is 7.80. The topological polar surface area (TPSA) is 9.23 Å². The van der Waals surface area contributed by atoms with Crippen molar-refractivity contribution in [1.29, 1.82) is 0 Å². The first-order chi connectivity index (χ1) is 8.15. The van der Waals surface area contributed by atoms with Gasteiger partial charge in [0.05, 0.1) is 12.2 Å². The van der Waals surface area contributed by atoms with Gasteiger partial charge in [0.2, 0.25) is 0 Å². The Bertz CT molecular complexity index is 216. The van der Waals surface area contributed by atoms with Gasteiger partial charge in [-0.1, -0.05) is 33.6 Å². The molecule has 0 aromatic rings. The molecule has 2 unspecified atom stereocenters. The first-order valence-corrected chi connectivity index (χ1v) is 7.80. The maximum Gasteiger partial charge on any atom is 0.0581 e. The molecule has 2 rings (SSSR count). The van der Waals surface area contributed by atoms with E-state index in [0.29, 0.717) is 12.2 Å². The van der Waals surface area contributed by atoms with Gasteiger partial charge >= 0.3 is 0 Å². The summed E-state index contributed by atoms with van der Waals surface area (Å²) in [5.74, 6) is 2.71. The van der Waals surface area contributed by atoms with E-state index in [-0.39, 0.29) is 0 Å². The molecule has 0 aromatic heterocycles. The van der Waals surface area contributed by atoms with E-state index >= 15 is 0 Å². The van der Waals surface area contributed by atoms with Crippen LogP contribution in [0.5, 0.6) is 0 Å². The molecule has 100 valence electrons. The lowest BCUT2D eigenvalue weighted by Gasteiger charge is -2.35. The molecular formula is C16H30O. The van der Waals surface area contributed by atoms with Crippen LogP contribution < -0.4 is 0 Å². The zero-order chi connectivity index (χ0) is 12.3. The average Bonchev–Trinajstić information content (AvgIpc) is 2.29. The van der Waals surface area contributed by atoms with Gasteiger partial charge in [0.1, 0.15) is 0 Å². The average molecular weight is 238 g/mol. The van der Waals surface area contributed by atoms with Crippen LogP contribution in [0, 0.1) is 17.8 Å². The minimum absolute atomic E-state index is 0.583. The van der Waals surface area contributed by atoms with E-state index in [2.05, 4.69) is 20.8 Å². The quantitative estimate of drug-likeness (QED) is 0.686. The zero-order valence-corrected chi connectivity index (χ0v) is 12.0. The predicted octanol–water partition coefficient (Wildman–Crippen LogP) is 4.80. The Morgan fingerprint density at radius 1 is 0.882 bits per heavy atom. The maximum atomic E-state index is 6.33. The minimum Gasteiger partial charge on any atom is -0.375 e. The van der Waals surface area contributed by atoms with Gasteiger partial charge in [-0.2, -0.15) is 0 Å². The van der Waals surface area contributed by atoms with Crippen molar-refractivity contribution in [1.82, 2.24) is 0 Å².